The van der Waals surface area contributed by atoms with Gasteiger partial charge in [0.05, 0.1) is 18.6 Å². The van der Waals surface area contributed by atoms with Crippen LogP contribution in [0.5, 0.6) is 0 Å². The van der Waals surface area contributed by atoms with Crippen LogP contribution in [0.25, 0.3) is 0 Å². The molecule has 0 saturated carbocycles. The standard InChI is InChI=1S/C17H27F2N3O2/c1-3-17(18,19)11-22-8-6-13(7-9-22)15-14(5-4-10-23-15)16-20-12(2)21-24-16/h13-15H,3-11H2,1-2H3/t14-,15+/m1/s1. The SMILES string of the molecule is CCC(F)(F)CN1CCC([C@@H]2OCCC[C@H]2c2nc(C)no2)CC1. The van der Waals surface area contributed by atoms with Gasteiger partial charge < -0.3 is 9.26 Å². The van der Waals surface area contributed by atoms with Gasteiger partial charge in [-0.05, 0) is 51.6 Å². The van der Waals surface area contributed by atoms with E-state index in [2.05, 4.69) is 10.1 Å². The van der Waals surface area contributed by atoms with Crippen molar-refractivity contribution in [3.05, 3.63) is 11.7 Å². The highest BCUT2D eigenvalue weighted by Gasteiger charge is 2.39. The van der Waals surface area contributed by atoms with Crippen LogP contribution in [0, 0.1) is 12.8 Å². The lowest BCUT2D eigenvalue weighted by molar-refractivity contribution is -0.0731. The average Bonchev–Trinajstić information content (AvgIpc) is 3.02. The maximum atomic E-state index is 13.6. The van der Waals surface area contributed by atoms with Gasteiger partial charge in [-0.3, -0.25) is 4.90 Å². The van der Waals surface area contributed by atoms with Gasteiger partial charge in [-0.2, -0.15) is 4.98 Å². The molecule has 0 radical (unpaired) electrons. The minimum absolute atomic E-state index is 0.0624. The van der Waals surface area contributed by atoms with Crippen LogP contribution < -0.4 is 0 Å². The molecule has 2 fully saturated rings. The predicted octanol–water partition coefficient (Wildman–Crippen LogP) is 3.40. The van der Waals surface area contributed by atoms with Crippen LogP contribution >= 0.6 is 0 Å². The minimum Gasteiger partial charge on any atom is -0.377 e. The number of likely N-dealkylation sites (tertiary alicyclic amines) is 1. The lowest BCUT2D eigenvalue weighted by Crippen LogP contribution is -2.45. The summed E-state index contributed by atoms with van der Waals surface area (Å²) < 4.78 is 38.6. The van der Waals surface area contributed by atoms with E-state index in [4.69, 9.17) is 9.26 Å². The summed E-state index contributed by atoms with van der Waals surface area (Å²) in [6, 6.07) is 0. The molecule has 0 amide bonds. The summed E-state index contributed by atoms with van der Waals surface area (Å²) in [5.41, 5.74) is 0. The molecule has 0 unspecified atom stereocenters. The van der Waals surface area contributed by atoms with Crippen LogP contribution in [0.3, 0.4) is 0 Å². The van der Waals surface area contributed by atoms with Crippen molar-refractivity contribution in [2.24, 2.45) is 5.92 Å². The fourth-order valence-electron chi connectivity index (χ4n) is 3.87. The van der Waals surface area contributed by atoms with E-state index in [-0.39, 0.29) is 25.0 Å². The molecule has 0 spiro atoms. The van der Waals surface area contributed by atoms with Crippen LogP contribution in [0.4, 0.5) is 8.78 Å². The minimum atomic E-state index is -2.59. The van der Waals surface area contributed by atoms with Crippen molar-refractivity contribution in [2.75, 3.05) is 26.2 Å². The van der Waals surface area contributed by atoms with Crippen molar-refractivity contribution >= 4 is 0 Å². The fourth-order valence-corrected chi connectivity index (χ4v) is 3.87. The van der Waals surface area contributed by atoms with Gasteiger partial charge in [-0.1, -0.05) is 12.1 Å². The highest BCUT2D eigenvalue weighted by atomic mass is 19.3. The van der Waals surface area contributed by atoms with E-state index in [9.17, 15) is 8.78 Å². The molecule has 3 rings (SSSR count). The summed E-state index contributed by atoms with van der Waals surface area (Å²) in [4.78, 5) is 6.27. The molecule has 136 valence electrons. The molecule has 2 atom stereocenters. The van der Waals surface area contributed by atoms with Crippen LogP contribution in [-0.4, -0.2) is 53.3 Å². The van der Waals surface area contributed by atoms with Gasteiger partial charge in [-0.25, -0.2) is 8.78 Å². The zero-order chi connectivity index (χ0) is 17.2. The molecule has 24 heavy (non-hydrogen) atoms. The van der Waals surface area contributed by atoms with Crippen LogP contribution in [0.1, 0.15) is 56.7 Å². The first kappa shape index (κ1) is 17.7. The van der Waals surface area contributed by atoms with E-state index < -0.39 is 5.92 Å². The Morgan fingerprint density at radius 1 is 1.25 bits per heavy atom. The van der Waals surface area contributed by atoms with Crippen molar-refractivity contribution in [2.45, 2.75) is 63.9 Å². The number of halogens is 2. The van der Waals surface area contributed by atoms with Gasteiger partial charge in [0.2, 0.25) is 5.89 Å². The second kappa shape index (κ2) is 7.44. The highest BCUT2D eigenvalue weighted by molar-refractivity contribution is 5.01. The molecule has 0 aliphatic carbocycles. The Bertz CT molecular complexity index is 530. The molecular weight excluding hydrogens is 316 g/mol. The largest absolute Gasteiger partial charge is 0.377 e. The number of rotatable bonds is 5. The third kappa shape index (κ3) is 4.11. The number of piperidine rings is 1. The quantitative estimate of drug-likeness (QED) is 0.820. The topological polar surface area (TPSA) is 51.4 Å². The molecule has 3 heterocycles. The smallest absolute Gasteiger partial charge is 0.260 e. The Hall–Kier alpha value is -1.08. The number of nitrogens with zero attached hydrogens (tertiary/aromatic N) is 3. The van der Waals surface area contributed by atoms with E-state index in [1.807, 2.05) is 11.8 Å². The maximum absolute atomic E-state index is 13.6. The third-order valence-corrected chi connectivity index (χ3v) is 5.30. The molecule has 2 saturated heterocycles. The molecule has 2 aliphatic heterocycles. The number of aryl methyl sites for hydroxylation is 1. The first-order valence-corrected chi connectivity index (χ1v) is 9.00. The van der Waals surface area contributed by atoms with Crippen molar-refractivity contribution in [3.63, 3.8) is 0 Å². The van der Waals surface area contributed by atoms with Crippen LogP contribution in [0.2, 0.25) is 0 Å². The lowest BCUT2D eigenvalue weighted by atomic mass is 9.80. The first-order valence-electron chi connectivity index (χ1n) is 9.00. The molecule has 5 nitrogen and oxygen atoms in total. The van der Waals surface area contributed by atoms with Crippen molar-refractivity contribution < 1.29 is 18.0 Å². The second-order valence-electron chi connectivity index (χ2n) is 7.09. The number of ether oxygens (including phenoxy) is 1. The summed E-state index contributed by atoms with van der Waals surface area (Å²) >= 11 is 0. The van der Waals surface area contributed by atoms with E-state index in [0.29, 0.717) is 30.7 Å². The Balaban J connectivity index is 1.60. The van der Waals surface area contributed by atoms with Crippen LogP contribution in [-0.2, 0) is 4.74 Å². The lowest BCUT2D eigenvalue weighted by Gasteiger charge is -2.40. The summed E-state index contributed by atoms with van der Waals surface area (Å²) in [5.74, 6) is -0.775. The summed E-state index contributed by atoms with van der Waals surface area (Å²) in [6.07, 6.45) is 3.71. The fraction of sp³-hybridized carbons (Fsp3) is 0.882. The van der Waals surface area contributed by atoms with Gasteiger partial charge in [0.15, 0.2) is 5.82 Å². The van der Waals surface area contributed by atoms with Crippen molar-refractivity contribution in [1.29, 1.82) is 0 Å². The Kier molecular flexibility index (Phi) is 5.49. The van der Waals surface area contributed by atoms with Gasteiger partial charge >= 0.3 is 0 Å². The molecule has 7 heteroatoms. The number of aromatic nitrogens is 2. The van der Waals surface area contributed by atoms with Crippen molar-refractivity contribution in [1.82, 2.24) is 15.0 Å². The zero-order valence-electron chi connectivity index (χ0n) is 14.5. The van der Waals surface area contributed by atoms with E-state index in [0.717, 1.165) is 32.3 Å². The molecule has 0 N–H and O–H groups in total. The monoisotopic (exact) mass is 343 g/mol. The van der Waals surface area contributed by atoms with Gasteiger partial charge in [0, 0.05) is 13.0 Å². The molecular formula is C17H27F2N3O2. The molecule has 1 aromatic rings. The predicted molar refractivity (Wildman–Crippen MR) is 85.2 cm³/mol. The summed E-state index contributed by atoms with van der Waals surface area (Å²) in [6.45, 7) is 5.39. The van der Waals surface area contributed by atoms with E-state index in [1.165, 1.54) is 0 Å². The molecule has 1 aromatic heterocycles. The zero-order valence-corrected chi connectivity index (χ0v) is 14.5. The van der Waals surface area contributed by atoms with E-state index >= 15 is 0 Å². The molecule has 2 aliphatic rings. The average molecular weight is 343 g/mol. The Labute approximate surface area is 141 Å². The highest BCUT2D eigenvalue weighted by Crippen LogP contribution is 2.38. The first-order chi connectivity index (χ1) is 11.5. The molecule has 0 bridgehead atoms. The maximum Gasteiger partial charge on any atom is 0.260 e. The number of hydrogen-bond donors (Lipinski definition) is 0. The van der Waals surface area contributed by atoms with Gasteiger partial charge in [-0.15, -0.1) is 0 Å². The number of alkyl halides is 2. The normalized spacial score (nSPS) is 27.5. The Morgan fingerprint density at radius 2 is 2.00 bits per heavy atom. The van der Waals surface area contributed by atoms with E-state index in [1.54, 1.807) is 6.92 Å². The summed E-state index contributed by atoms with van der Waals surface area (Å²) in [5, 5.41) is 3.90. The van der Waals surface area contributed by atoms with Gasteiger partial charge in [0.25, 0.3) is 5.92 Å². The second-order valence-corrected chi connectivity index (χ2v) is 7.09. The van der Waals surface area contributed by atoms with Crippen LogP contribution in [0.15, 0.2) is 4.52 Å². The number of hydrogen-bond acceptors (Lipinski definition) is 5. The Morgan fingerprint density at radius 3 is 2.62 bits per heavy atom. The van der Waals surface area contributed by atoms with Crippen molar-refractivity contribution in [3.8, 4) is 0 Å². The molecule has 0 aromatic carbocycles. The van der Waals surface area contributed by atoms with Gasteiger partial charge in [0.1, 0.15) is 0 Å². The summed E-state index contributed by atoms with van der Waals surface area (Å²) in [7, 11) is 0. The third-order valence-electron chi connectivity index (χ3n) is 5.30.